The Balaban J connectivity index is 1.70. The molecule has 2 aromatic rings. The highest BCUT2D eigenvalue weighted by atomic mass is 16.2. The number of rotatable bonds is 3. The second-order valence-corrected chi connectivity index (χ2v) is 6.76. The first kappa shape index (κ1) is 16.4. The van der Waals surface area contributed by atoms with E-state index in [1.807, 2.05) is 56.3 Å². The van der Waals surface area contributed by atoms with Crippen molar-refractivity contribution >= 4 is 23.2 Å². The van der Waals surface area contributed by atoms with Gasteiger partial charge in [-0.15, -0.1) is 0 Å². The van der Waals surface area contributed by atoms with Crippen molar-refractivity contribution in [1.29, 1.82) is 0 Å². The van der Waals surface area contributed by atoms with Crippen LogP contribution in [0.15, 0.2) is 52.8 Å². The molecule has 2 heterocycles. The summed E-state index contributed by atoms with van der Waals surface area (Å²) in [5.74, 6) is -0.601. The summed E-state index contributed by atoms with van der Waals surface area (Å²) in [4.78, 5) is 27.1. The van der Waals surface area contributed by atoms with Gasteiger partial charge in [0.2, 0.25) is 0 Å². The molecule has 0 unspecified atom stereocenters. The van der Waals surface area contributed by atoms with Crippen molar-refractivity contribution in [2.45, 2.75) is 39.3 Å². The van der Waals surface area contributed by atoms with Gasteiger partial charge in [-0.25, -0.2) is 9.91 Å². The number of carbonyl (C=O) groups excluding carboxylic acids is 2. The lowest BCUT2D eigenvalue weighted by atomic mass is 10.1. The molecule has 1 saturated heterocycles. The van der Waals surface area contributed by atoms with E-state index in [1.165, 1.54) is 4.90 Å². The van der Waals surface area contributed by atoms with E-state index in [1.54, 1.807) is 5.01 Å². The zero-order valence-electron chi connectivity index (χ0n) is 15.0. The number of amides is 2. The summed E-state index contributed by atoms with van der Waals surface area (Å²) in [7, 11) is 0. The predicted octanol–water partition coefficient (Wildman–Crippen LogP) is 3.36. The monoisotopic (exact) mass is 348 g/mol. The van der Waals surface area contributed by atoms with Gasteiger partial charge in [0, 0.05) is 0 Å². The average Bonchev–Trinajstić information content (AvgIpc) is 3.18. The van der Waals surface area contributed by atoms with Gasteiger partial charge >= 0.3 is 0 Å². The number of nitrogens with zero attached hydrogens (tertiary/aromatic N) is 4. The van der Waals surface area contributed by atoms with Gasteiger partial charge < -0.3 is 0 Å². The Kier molecular flexibility index (Phi) is 3.83. The molecule has 0 aliphatic carbocycles. The van der Waals surface area contributed by atoms with Crippen molar-refractivity contribution in [3.8, 4) is 0 Å². The van der Waals surface area contributed by atoms with E-state index in [0.717, 1.165) is 28.8 Å². The summed E-state index contributed by atoms with van der Waals surface area (Å²) in [5.41, 5.74) is 4.60. The highest BCUT2D eigenvalue weighted by Gasteiger charge is 2.55. The average molecular weight is 348 g/mol. The molecule has 6 heteroatoms. The normalized spacial score (nSPS) is 21.7. The quantitative estimate of drug-likeness (QED) is 0.799. The molecule has 2 atom stereocenters. The first-order valence-electron chi connectivity index (χ1n) is 8.75. The minimum absolute atomic E-state index is 0.282. The zero-order chi connectivity index (χ0) is 18.4. The first-order chi connectivity index (χ1) is 12.5. The number of fused-ring (bicyclic) bond motifs is 1. The van der Waals surface area contributed by atoms with Gasteiger partial charge in [0.05, 0.1) is 11.4 Å². The van der Waals surface area contributed by atoms with Crippen LogP contribution in [0.4, 0.5) is 11.4 Å². The number of hydrogen-bond acceptors (Lipinski definition) is 5. The molecule has 0 spiro atoms. The number of imide groups is 1. The van der Waals surface area contributed by atoms with Crippen LogP contribution in [0.1, 0.15) is 23.6 Å². The van der Waals surface area contributed by atoms with Crippen LogP contribution in [0.2, 0.25) is 0 Å². The van der Waals surface area contributed by atoms with E-state index in [-0.39, 0.29) is 11.8 Å². The first-order valence-corrected chi connectivity index (χ1v) is 8.75. The summed E-state index contributed by atoms with van der Waals surface area (Å²) in [6.45, 7) is 6.00. The van der Waals surface area contributed by atoms with Crippen LogP contribution in [0.5, 0.6) is 0 Å². The van der Waals surface area contributed by atoms with Crippen molar-refractivity contribution in [3.63, 3.8) is 0 Å². The van der Waals surface area contributed by atoms with Gasteiger partial charge in [-0.1, -0.05) is 36.4 Å². The van der Waals surface area contributed by atoms with E-state index in [2.05, 4.69) is 17.3 Å². The molecular formula is C20H20N4O2. The van der Waals surface area contributed by atoms with Gasteiger partial charge in [-0.2, -0.15) is 5.11 Å². The molecule has 132 valence electrons. The molecule has 2 aromatic carbocycles. The van der Waals surface area contributed by atoms with Crippen LogP contribution in [-0.4, -0.2) is 23.9 Å². The summed E-state index contributed by atoms with van der Waals surface area (Å²) >= 11 is 0. The van der Waals surface area contributed by atoms with E-state index in [0.29, 0.717) is 5.69 Å². The summed E-state index contributed by atoms with van der Waals surface area (Å²) in [6, 6.07) is 12.0. The van der Waals surface area contributed by atoms with Crippen molar-refractivity contribution in [1.82, 2.24) is 0 Å². The Morgan fingerprint density at radius 2 is 1.73 bits per heavy atom. The van der Waals surface area contributed by atoms with E-state index in [9.17, 15) is 9.59 Å². The Morgan fingerprint density at radius 1 is 1.00 bits per heavy atom. The smallest absolute Gasteiger partial charge is 0.263 e. The summed E-state index contributed by atoms with van der Waals surface area (Å²) in [5, 5.41) is 9.84. The third kappa shape index (κ3) is 2.41. The lowest BCUT2D eigenvalue weighted by molar-refractivity contribution is -0.121. The number of aryl methyl sites for hydroxylation is 3. The minimum atomic E-state index is -0.784. The SMILES string of the molecule is CCc1ccc(N2C(=O)[C@H]3N=NN(c4cc(C)ccc4C)[C@@H]3C2=O)cc1. The molecule has 2 amide bonds. The van der Waals surface area contributed by atoms with Crippen LogP contribution >= 0.6 is 0 Å². The number of carbonyl (C=O) groups is 2. The topological polar surface area (TPSA) is 65.3 Å². The van der Waals surface area contributed by atoms with E-state index in [4.69, 9.17) is 0 Å². The fourth-order valence-corrected chi connectivity index (χ4v) is 3.46. The molecule has 1 fully saturated rings. The van der Waals surface area contributed by atoms with Crippen LogP contribution in [-0.2, 0) is 16.0 Å². The fourth-order valence-electron chi connectivity index (χ4n) is 3.46. The molecule has 2 aliphatic heterocycles. The molecule has 0 radical (unpaired) electrons. The number of hydrogen-bond donors (Lipinski definition) is 0. The van der Waals surface area contributed by atoms with Gasteiger partial charge in [-0.05, 0) is 55.2 Å². The molecule has 0 saturated carbocycles. The van der Waals surface area contributed by atoms with Crippen LogP contribution in [0.25, 0.3) is 0 Å². The highest BCUT2D eigenvalue weighted by molar-refractivity contribution is 6.26. The molecule has 6 nitrogen and oxygen atoms in total. The maximum absolute atomic E-state index is 13.1. The van der Waals surface area contributed by atoms with Crippen molar-refractivity contribution in [2.24, 2.45) is 10.3 Å². The van der Waals surface area contributed by atoms with Gasteiger partial charge in [0.15, 0.2) is 12.1 Å². The molecule has 0 bridgehead atoms. The predicted molar refractivity (Wildman–Crippen MR) is 99.1 cm³/mol. The third-order valence-corrected chi connectivity index (χ3v) is 5.00. The standard InChI is InChI=1S/C20H20N4O2/c1-4-14-7-9-15(10-8-14)23-19(25)17-18(20(23)26)24(22-21-17)16-11-12(2)5-6-13(16)3/h5-11,17-18H,4H2,1-3H3/t17-,18-/m0/s1. The Labute approximate surface area is 152 Å². The Morgan fingerprint density at radius 3 is 2.42 bits per heavy atom. The summed E-state index contributed by atoms with van der Waals surface area (Å²) in [6.07, 6.45) is 0.905. The lowest BCUT2D eigenvalue weighted by Crippen LogP contribution is -2.40. The van der Waals surface area contributed by atoms with Gasteiger partial charge in [0.1, 0.15) is 0 Å². The van der Waals surface area contributed by atoms with Crippen LogP contribution < -0.4 is 9.91 Å². The Hall–Kier alpha value is -3.02. The summed E-state index contributed by atoms with van der Waals surface area (Å²) < 4.78 is 0. The molecule has 0 aromatic heterocycles. The van der Waals surface area contributed by atoms with Gasteiger partial charge in [-0.3, -0.25) is 9.59 Å². The van der Waals surface area contributed by atoms with Crippen molar-refractivity contribution in [3.05, 3.63) is 59.2 Å². The maximum atomic E-state index is 13.1. The van der Waals surface area contributed by atoms with Crippen molar-refractivity contribution < 1.29 is 9.59 Å². The van der Waals surface area contributed by atoms with Crippen LogP contribution in [0.3, 0.4) is 0 Å². The lowest BCUT2D eigenvalue weighted by Gasteiger charge is -2.22. The van der Waals surface area contributed by atoms with E-state index >= 15 is 0 Å². The molecule has 4 rings (SSSR count). The van der Waals surface area contributed by atoms with Gasteiger partial charge in [0.25, 0.3) is 11.8 Å². The molecule has 26 heavy (non-hydrogen) atoms. The largest absolute Gasteiger partial charge is 0.271 e. The fraction of sp³-hybridized carbons (Fsp3) is 0.300. The Bertz CT molecular complexity index is 920. The number of anilines is 2. The van der Waals surface area contributed by atoms with E-state index < -0.39 is 12.1 Å². The molecule has 0 N–H and O–H groups in total. The highest BCUT2D eigenvalue weighted by Crippen LogP contribution is 2.36. The number of benzene rings is 2. The second kappa shape index (κ2) is 6.05. The second-order valence-electron chi connectivity index (χ2n) is 6.76. The zero-order valence-corrected chi connectivity index (χ0v) is 15.0. The third-order valence-electron chi connectivity index (χ3n) is 5.00. The van der Waals surface area contributed by atoms with Crippen molar-refractivity contribution in [2.75, 3.05) is 9.91 Å². The molecular weight excluding hydrogens is 328 g/mol. The molecule has 2 aliphatic rings. The maximum Gasteiger partial charge on any atom is 0.263 e. The minimum Gasteiger partial charge on any atom is -0.271 e. The van der Waals surface area contributed by atoms with Crippen LogP contribution in [0, 0.1) is 13.8 Å².